The van der Waals surface area contributed by atoms with E-state index in [0.717, 1.165) is 19.4 Å². The molecule has 1 nitrogen and oxygen atoms in total. The Bertz CT molecular complexity index is 60.9. The lowest BCUT2D eigenvalue weighted by Crippen LogP contribution is -2.07. The van der Waals surface area contributed by atoms with E-state index in [1.165, 1.54) is 0 Å². The average molecular weight is 169 g/mol. The van der Waals surface area contributed by atoms with Crippen LogP contribution in [0.2, 0.25) is 0 Å². The maximum atomic E-state index is 5.40. The molecule has 9 heavy (non-hydrogen) atoms. The minimum Gasteiger partial charge on any atom is -0.436 e. The van der Waals surface area contributed by atoms with E-state index in [0.29, 0.717) is 7.48 Å². The first-order chi connectivity index (χ1) is 4.27. The molecule has 0 saturated heterocycles. The molecular weight excluding hydrogens is 158 g/mol. The van der Waals surface area contributed by atoms with Gasteiger partial charge in [-0.05, 0) is 6.42 Å². The van der Waals surface area contributed by atoms with Gasteiger partial charge in [-0.3, -0.25) is 0 Å². The van der Waals surface area contributed by atoms with E-state index in [-0.39, 0.29) is 4.74 Å². The Labute approximate surface area is 66.9 Å². The summed E-state index contributed by atoms with van der Waals surface area (Å²) in [7, 11) is 0.448. The zero-order valence-electron chi connectivity index (χ0n) is 5.57. The van der Waals surface area contributed by atoms with Gasteiger partial charge in [0.1, 0.15) is 4.74 Å². The van der Waals surface area contributed by atoms with Gasteiger partial charge < -0.3 is 4.65 Å². The average Bonchev–Trinajstić information content (AvgIpc) is 1.80. The van der Waals surface area contributed by atoms with Crippen molar-refractivity contribution in [1.82, 2.24) is 0 Å². The van der Waals surface area contributed by atoms with Gasteiger partial charge in [-0.1, -0.05) is 13.3 Å². The van der Waals surface area contributed by atoms with Gasteiger partial charge in [0.05, 0.1) is 0 Å². The Kier molecular flexibility index (Phi) is 7.17. The fourth-order valence-corrected chi connectivity index (χ4v) is 0.597. The first-order valence-electron chi connectivity index (χ1n) is 3.13. The second kappa shape index (κ2) is 6.72. The standard InChI is InChI=1S/C5H11BCl2O/c1-2-3-4-9-6-5(7)8/h5-6H,2-4H2,1H3. The molecule has 0 atom stereocenters. The zero-order valence-corrected chi connectivity index (χ0v) is 7.08. The third kappa shape index (κ3) is 8.60. The van der Waals surface area contributed by atoms with Gasteiger partial charge in [0.15, 0.2) is 0 Å². The lowest BCUT2D eigenvalue weighted by Gasteiger charge is -1.99. The SMILES string of the molecule is CCCCOBC(Cl)Cl. The molecule has 0 fully saturated rings. The highest BCUT2D eigenvalue weighted by atomic mass is 35.5. The molecule has 0 aliphatic carbocycles. The Hall–Kier alpha value is 0.605. The number of alkyl halides is 2. The first kappa shape index (κ1) is 9.60. The van der Waals surface area contributed by atoms with Gasteiger partial charge in [0.2, 0.25) is 0 Å². The number of unbranched alkanes of at least 4 members (excludes halogenated alkanes) is 1. The molecule has 0 N–H and O–H groups in total. The number of halogens is 2. The van der Waals surface area contributed by atoms with E-state index in [1.54, 1.807) is 0 Å². The lowest BCUT2D eigenvalue weighted by molar-refractivity contribution is 0.327. The molecule has 0 aliphatic heterocycles. The predicted octanol–water partition coefficient (Wildman–Crippen LogP) is 1.92. The lowest BCUT2D eigenvalue weighted by atomic mass is 10.1. The summed E-state index contributed by atoms with van der Waals surface area (Å²) in [5, 5.41) is 0. The van der Waals surface area contributed by atoms with Crippen molar-refractivity contribution in [3.63, 3.8) is 0 Å². The number of hydrogen-bond acceptors (Lipinski definition) is 1. The summed E-state index contributed by atoms with van der Waals surface area (Å²) < 4.78 is 4.70. The fraction of sp³-hybridized carbons (Fsp3) is 1.00. The molecule has 0 bridgehead atoms. The summed E-state index contributed by atoms with van der Waals surface area (Å²) in [6, 6.07) is 0. The summed E-state index contributed by atoms with van der Waals surface area (Å²) in [6.07, 6.45) is 2.23. The van der Waals surface area contributed by atoms with Crippen LogP contribution in [-0.2, 0) is 4.65 Å². The van der Waals surface area contributed by atoms with Gasteiger partial charge >= 0.3 is 7.48 Å². The quantitative estimate of drug-likeness (QED) is 0.347. The largest absolute Gasteiger partial charge is 0.436 e. The predicted molar refractivity (Wildman–Crippen MR) is 43.5 cm³/mol. The molecule has 0 unspecified atom stereocenters. The van der Waals surface area contributed by atoms with E-state index >= 15 is 0 Å². The maximum absolute atomic E-state index is 5.40. The summed E-state index contributed by atoms with van der Waals surface area (Å²) in [5.41, 5.74) is 0. The van der Waals surface area contributed by atoms with E-state index in [2.05, 4.69) is 6.92 Å². The zero-order chi connectivity index (χ0) is 7.11. The normalized spacial score (nSPS) is 10.2. The Balaban J connectivity index is 2.75. The summed E-state index contributed by atoms with van der Waals surface area (Å²) in [5.74, 6) is 0. The molecule has 0 heterocycles. The second-order valence-corrected chi connectivity index (χ2v) is 3.10. The minimum atomic E-state index is -0.373. The van der Waals surface area contributed by atoms with Crippen LogP contribution >= 0.6 is 23.2 Å². The molecule has 54 valence electrons. The van der Waals surface area contributed by atoms with Crippen molar-refractivity contribution in [2.24, 2.45) is 0 Å². The highest BCUT2D eigenvalue weighted by Crippen LogP contribution is 1.99. The maximum Gasteiger partial charge on any atom is 0.309 e. The van der Waals surface area contributed by atoms with E-state index in [1.807, 2.05) is 0 Å². The Morgan fingerprint density at radius 3 is 2.67 bits per heavy atom. The van der Waals surface area contributed by atoms with E-state index < -0.39 is 0 Å². The van der Waals surface area contributed by atoms with Crippen LogP contribution in [0.15, 0.2) is 0 Å². The Morgan fingerprint density at radius 1 is 1.56 bits per heavy atom. The topological polar surface area (TPSA) is 9.23 Å². The van der Waals surface area contributed by atoms with Crippen molar-refractivity contribution in [1.29, 1.82) is 0 Å². The van der Waals surface area contributed by atoms with Crippen LogP contribution in [0.5, 0.6) is 0 Å². The molecule has 0 radical (unpaired) electrons. The van der Waals surface area contributed by atoms with Crippen LogP contribution in [0.25, 0.3) is 0 Å². The third-order valence-corrected chi connectivity index (χ3v) is 1.14. The molecular formula is C5H11BCl2O. The molecule has 0 amide bonds. The highest BCUT2D eigenvalue weighted by Gasteiger charge is 2.00. The van der Waals surface area contributed by atoms with E-state index in [9.17, 15) is 0 Å². The fourth-order valence-electron chi connectivity index (χ4n) is 0.419. The minimum absolute atomic E-state index is 0.373. The van der Waals surface area contributed by atoms with Crippen molar-refractivity contribution in [2.45, 2.75) is 24.5 Å². The van der Waals surface area contributed by atoms with Gasteiger partial charge in [-0.15, -0.1) is 23.2 Å². The van der Waals surface area contributed by atoms with Crippen molar-refractivity contribution >= 4 is 30.7 Å². The van der Waals surface area contributed by atoms with Crippen LogP contribution < -0.4 is 0 Å². The molecule has 0 rings (SSSR count). The number of rotatable bonds is 5. The molecule has 0 saturated carbocycles. The van der Waals surface area contributed by atoms with Gasteiger partial charge in [0, 0.05) is 6.61 Å². The molecule has 0 spiro atoms. The van der Waals surface area contributed by atoms with Crippen LogP contribution in [0.3, 0.4) is 0 Å². The van der Waals surface area contributed by atoms with Crippen molar-refractivity contribution < 1.29 is 4.65 Å². The van der Waals surface area contributed by atoms with Crippen LogP contribution in [-0.4, -0.2) is 18.8 Å². The monoisotopic (exact) mass is 168 g/mol. The summed E-state index contributed by atoms with van der Waals surface area (Å²) in [6.45, 7) is 2.88. The molecule has 0 aromatic heterocycles. The molecule has 0 aromatic rings. The smallest absolute Gasteiger partial charge is 0.309 e. The van der Waals surface area contributed by atoms with Crippen LogP contribution in [0.1, 0.15) is 19.8 Å². The third-order valence-electron chi connectivity index (χ3n) is 0.886. The van der Waals surface area contributed by atoms with Crippen molar-refractivity contribution in [3.8, 4) is 0 Å². The molecule has 4 heteroatoms. The summed E-state index contributed by atoms with van der Waals surface area (Å²) >= 11 is 10.8. The van der Waals surface area contributed by atoms with E-state index in [4.69, 9.17) is 27.9 Å². The van der Waals surface area contributed by atoms with Gasteiger partial charge in [0.25, 0.3) is 0 Å². The first-order valence-corrected chi connectivity index (χ1v) is 4.00. The van der Waals surface area contributed by atoms with Crippen LogP contribution in [0.4, 0.5) is 0 Å². The molecule has 0 aliphatic rings. The van der Waals surface area contributed by atoms with Gasteiger partial charge in [-0.25, -0.2) is 0 Å². The second-order valence-electron chi connectivity index (χ2n) is 1.82. The highest BCUT2D eigenvalue weighted by molar-refractivity contribution is 6.65. The summed E-state index contributed by atoms with van der Waals surface area (Å²) in [4.78, 5) is 0. The van der Waals surface area contributed by atoms with Crippen molar-refractivity contribution in [3.05, 3.63) is 0 Å². The van der Waals surface area contributed by atoms with Gasteiger partial charge in [-0.2, -0.15) is 0 Å². The number of hydrogen-bond donors (Lipinski definition) is 0. The molecule has 0 aromatic carbocycles. The van der Waals surface area contributed by atoms with Crippen molar-refractivity contribution in [2.75, 3.05) is 6.61 Å². The Morgan fingerprint density at radius 2 is 2.22 bits per heavy atom. The van der Waals surface area contributed by atoms with Crippen LogP contribution in [0, 0.1) is 0 Å².